The number of hydrogen-bond acceptors (Lipinski definition) is 5. The number of halogens is 1. The molecule has 4 aromatic rings. The second-order valence-corrected chi connectivity index (χ2v) is 10.4. The molecule has 0 atom stereocenters. The van der Waals surface area contributed by atoms with Crippen LogP contribution >= 0.6 is 27.3 Å². The molecule has 2 aromatic carbocycles. The van der Waals surface area contributed by atoms with Crippen LogP contribution in [0.1, 0.15) is 4.88 Å². The van der Waals surface area contributed by atoms with E-state index in [4.69, 9.17) is 5.10 Å². The first kappa shape index (κ1) is 20.6. The van der Waals surface area contributed by atoms with Crippen molar-refractivity contribution < 1.29 is 0 Å². The Hall–Kier alpha value is -2.32. The summed E-state index contributed by atoms with van der Waals surface area (Å²) in [6.07, 6.45) is 0. The monoisotopic (exact) mass is 494 g/mol. The van der Waals surface area contributed by atoms with Crippen LogP contribution in [-0.2, 0) is 13.2 Å². The largest absolute Gasteiger partial charge is 0.296 e. The highest BCUT2D eigenvalue weighted by atomic mass is 79.9. The zero-order chi connectivity index (χ0) is 21.2. The second kappa shape index (κ2) is 9.04. The van der Waals surface area contributed by atoms with Crippen LogP contribution in [0, 0.1) is 0 Å². The molecule has 0 bridgehead atoms. The number of thiophene rings is 1. The van der Waals surface area contributed by atoms with Crippen LogP contribution in [0.3, 0.4) is 0 Å². The van der Waals surface area contributed by atoms with Gasteiger partial charge >= 0.3 is 0 Å². The predicted octanol–water partition coefficient (Wildman–Crippen LogP) is 4.66. The van der Waals surface area contributed by atoms with Gasteiger partial charge in [0.1, 0.15) is 0 Å². The Kier molecular flexibility index (Phi) is 6.00. The lowest BCUT2D eigenvalue weighted by molar-refractivity contribution is 0.0979. The van der Waals surface area contributed by atoms with E-state index in [0.29, 0.717) is 6.67 Å². The van der Waals surface area contributed by atoms with Crippen LogP contribution < -0.4 is 5.56 Å². The highest BCUT2D eigenvalue weighted by molar-refractivity contribution is 9.11. The molecule has 5 nitrogen and oxygen atoms in total. The Balaban J connectivity index is 1.36. The molecule has 0 N–H and O–H groups in total. The lowest BCUT2D eigenvalue weighted by Crippen LogP contribution is -2.47. The molecule has 0 radical (unpaired) electrons. The van der Waals surface area contributed by atoms with Gasteiger partial charge in [0, 0.05) is 48.6 Å². The van der Waals surface area contributed by atoms with Gasteiger partial charge in [-0.25, -0.2) is 4.68 Å². The summed E-state index contributed by atoms with van der Waals surface area (Å²) in [7, 11) is 0. The van der Waals surface area contributed by atoms with Crippen molar-refractivity contribution in [3.63, 3.8) is 0 Å². The van der Waals surface area contributed by atoms with E-state index in [-0.39, 0.29) is 5.56 Å². The highest BCUT2D eigenvalue weighted by Gasteiger charge is 2.20. The van der Waals surface area contributed by atoms with Crippen LogP contribution in [0.15, 0.2) is 75.3 Å². The predicted molar refractivity (Wildman–Crippen MR) is 130 cm³/mol. The topological polar surface area (TPSA) is 41.4 Å². The molecule has 31 heavy (non-hydrogen) atoms. The molecule has 0 unspecified atom stereocenters. The molecule has 1 fully saturated rings. The van der Waals surface area contributed by atoms with E-state index in [1.54, 1.807) is 16.0 Å². The fraction of sp³-hybridized carbons (Fsp3) is 0.250. The third kappa shape index (κ3) is 4.50. The van der Waals surface area contributed by atoms with Crippen LogP contribution in [0.25, 0.3) is 22.0 Å². The SMILES string of the molecule is O=c1c2ccccc2c(-c2ccccc2)nn1CN1CCN(Cc2ccc(Br)s2)CC1. The minimum absolute atomic E-state index is 0.0267. The second-order valence-electron chi connectivity index (χ2n) is 7.81. The number of nitrogens with zero attached hydrogens (tertiary/aromatic N) is 4. The van der Waals surface area contributed by atoms with Gasteiger partial charge in [-0.15, -0.1) is 11.3 Å². The van der Waals surface area contributed by atoms with Crippen molar-refractivity contribution in [3.05, 3.63) is 85.7 Å². The third-order valence-corrected chi connectivity index (χ3v) is 7.33. The smallest absolute Gasteiger partial charge is 0.275 e. The van der Waals surface area contributed by atoms with E-state index in [1.165, 1.54) is 8.66 Å². The van der Waals surface area contributed by atoms with Gasteiger partial charge in [0.05, 0.1) is 21.5 Å². The van der Waals surface area contributed by atoms with Gasteiger partial charge in [-0.3, -0.25) is 14.6 Å². The maximum Gasteiger partial charge on any atom is 0.275 e. The van der Waals surface area contributed by atoms with Crippen molar-refractivity contribution in [3.8, 4) is 11.3 Å². The number of rotatable bonds is 5. The Morgan fingerprint density at radius 3 is 2.23 bits per heavy atom. The van der Waals surface area contributed by atoms with Crippen LogP contribution in [-0.4, -0.2) is 45.8 Å². The fourth-order valence-corrected chi connectivity index (χ4v) is 5.60. The summed E-state index contributed by atoms with van der Waals surface area (Å²) in [4.78, 5) is 19.3. The Morgan fingerprint density at radius 2 is 1.52 bits per heavy atom. The fourth-order valence-electron chi connectivity index (χ4n) is 4.08. The molecule has 0 aliphatic carbocycles. The van der Waals surface area contributed by atoms with E-state index < -0.39 is 0 Å². The highest BCUT2D eigenvalue weighted by Crippen LogP contribution is 2.25. The Morgan fingerprint density at radius 1 is 0.839 bits per heavy atom. The van der Waals surface area contributed by atoms with Gasteiger partial charge in [0.25, 0.3) is 5.56 Å². The molecule has 0 saturated carbocycles. The summed E-state index contributed by atoms with van der Waals surface area (Å²) in [5, 5.41) is 6.42. The lowest BCUT2D eigenvalue weighted by Gasteiger charge is -2.34. The number of fused-ring (bicyclic) bond motifs is 1. The molecule has 1 aliphatic heterocycles. The van der Waals surface area contributed by atoms with Crippen molar-refractivity contribution in [1.29, 1.82) is 0 Å². The normalized spacial score (nSPS) is 15.5. The zero-order valence-corrected chi connectivity index (χ0v) is 19.5. The molecule has 5 rings (SSSR count). The van der Waals surface area contributed by atoms with Gasteiger partial charge in [-0.05, 0) is 34.1 Å². The van der Waals surface area contributed by atoms with Gasteiger partial charge in [0.15, 0.2) is 0 Å². The standard InChI is InChI=1S/C24H23BrN4OS/c25-22-11-10-19(31-22)16-27-12-14-28(15-13-27)17-29-24(30)21-9-5-4-8-20(21)23(26-29)18-6-2-1-3-7-18/h1-11H,12-17H2. The molecular formula is C24H23BrN4OS. The van der Waals surface area contributed by atoms with E-state index in [2.05, 4.69) is 37.9 Å². The molecule has 1 saturated heterocycles. The summed E-state index contributed by atoms with van der Waals surface area (Å²) in [6, 6.07) is 22.2. The molecule has 158 valence electrons. The summed E-state index contributed by atoms with van der Waals surface area (Å²) >= 11 is 5.34. The number of aromatic nitrogens is 2. The summed E-state index contributed by atoms with van der Waals surface area (Å²) in [5.74, 6) is 0. The van der Waals surface area contributed by atoms with Crippen molar-refractivity contribution in [2.45, 2.75) is 13.2 Å². The van der Waals surface area contributed by atoms with E-state index in [9.17, 15) is 4.79 Å². The molecule has 0 amide bonds. The number of piperazine rings is 1. The molecule has 7 heteroatoms. The lowest BCUT2D eigenvalue weighted by atomic mass is 10.1. The summed E-state index contributed by atoms with van der Waals surface area (Å²) in [5.41, 5.74) is 1.86. The maximum absolute atomic E-state index is 13.2. The van der Waals surface area contributed by atoms with Crippen LogP contribution in [0.2, 0.25) is 0 Å². The van der Waals surface area contributed by atoms with Gasteiger partial charge in [-0.2, -0.15) is 5.10 Å². The van der Waals surface area contributed by atoms with Crippen LogP contribution in [0.4, 0.5) is 0 Å². The molecule has 2 aromatic heterocycles. The van der Waals surface area contributed by atoms with Crippen molar-refractivity contribution >= 4 is 38.0 Å². The molecule has 1 aliphatic rings. The summed E-state index contributed by atoms with van der Waals surface area (Å²) < 4.78 is 2.81. The first-order chi connectivity index (χ1) is 15.2. The van der Waals surface area contributed by atoms with Gasteiger partial charge < -0.3 is 0 Å². The zero-order valence-electron chi connectivity index (χ0n) is 17.1. The third-order valence-electron chi connectivity index (χ3n) is 5.72. The minimum Gasteiger partial charge on any atom is -0.296 e. The van der Waals surface area contributed by atoms with Gasteiger partial charge in [0.2, 0.25) is 0 Å². The minimum atomic E-state index is -0.0267. The van der Waals surface area contributed by atoms with E-state index in [1.807, 2.05) is 54.6 Å². The maximum atomic E-state index is 13.2. The van der Waals surface area contributed by atoms with Crippen molar-refractivity contribution in [2.75, 3.05) is 26.2 Å². The van der Waals surface area contributed by atoms with Crippen LogP contribution in [0.5, 0.6) is 0 Å². The van der Waals surface area contributed by atoms with Crippen molar-refractivity contribution in [1.82, 2.24) is 19.6 Å². The van der Waals surface area contributed by atoms with Crippen molar-refractivity contribution in [2.24, 2.45) is 0 Å². The molecular weight excluding hydrogens is 472 g/mol. The average Bonchev–Trinajstić information content (AvgIpc) is 3.22. The summed E-state index contributed by atoms with van der Waals surface area (Å²) in [6.45, 7) is 5.33. The van der Waals surface area contributed by atoms with Gasteiger partial charge in [-0.1, -0.05) is 48.5 Å². The molecule has 3 heterocycles. The average molecular weight is 495 g/mol. The molecule has 0 spiro atoms. The van der Waals surface area contributed by atoms with E-state index in [0.717, 1.165) is 54.8 Å². The number of benzene rings is 2. The first-order valence-corrected chi connectivity index (χ1v) is 12.0. The Labute approximate surface area is 193 Å². The first-order valence-electron chi connectivity index (χ1n) is 10.4. The van der Waals surface area contributed by atoms with E-state index >= 15 is 0 Å². The quantitative estimate of drug-likeness (QED) is 0.404. The number of hydrogen-bond donors (Lipinski definition) is 0. The Bertz CT molecular complexity index is 1250.